The molecule has 0 aliphatic carbocycles. The number of nitrogens with zero attached hydrogens (tertiary/aromatic N) is 2. The average molecular weight is 475 g/mol. The lowest BCUT2D eigenvalue weighted by molar-refractivity contribution is 0.0950. The molecule has 0 aliphatic rings. The van der Waals surface area contributed by atoms with Gasteiger partial charge in [0.1, 0.15) is 0 Å². The second kappa shape index (κ2) is 9.52. The lowest BCUT2D eigenvalue weighted by Crippen LogP contribution is -2.24. The van der Waals surface area contributed by atoms with E-state index >= 15 is 0 Å². The zero-order valence-corrected chi connectivity index (χ0v) is 20.1. The summed E-state index contributed by atoms with van der Waals surface area (Å²) in [5, 5.41) is 2.89. The highest BCUT2D eigenvalue weighted by atomic mass is 32.2. The summed E-state index contributed by atoms with van der Waals surface area (Å²) in [6.45, 7) is 5.79. The second-order valence-electron chi connectivity index (χ2n) is 8.19. The van der Waals surface area contributed by atoms with Gasteiger partial charge in [-0.25, -0.2) is 13.4 Å². The molecule has 0 saturated carbocycles. The van der Waals surface area contributed by atoms with E-state index < -0.39 is 10.0 Å². The molecule has 1 amide bonds. The summed E-state index contributed by atoms with van der Waals surface area (Å²) in [5.74, 6) is -0.358. The summed E-state index contributed by atoms with van der Waals surface area (Å²) >= 11 is 0. The van der Waals surface area contributed by atoms with Gasteiger partial charge in [-0.05, 0) is 61.7 Å². The minimum Gasteiger partial charge on any atom is -0.348 e. The van der Waals surface area contributed by atoms with Crippen LogP contribution in [0.25, 0.3) is 5.69 Å². The first kappa shape index (κ1) is 23.3. The molecule has 0 fully saturated rings. The number of rotatable bonds is 7. The molecule has 0 radical (unpaired) electrons. The molecule has 2 N–H and O–H groups in total. The summed E-state index contributed by atoms with van der Waals surface area (Å²) in [6, 6.07) is 17.9. The first-order valence-corrected chi connectivity index (χ1v) is 12.3. The van der Waals surface area contributed by atoms with Crippen LogP contribution in [-0.4, -0.2) is 23.9 Å². The number of para-hydroxylation sites is 1. The first-order chi connectivity index (χ1) is 16.2. The number of anilines is 1. The summed E-state index contributed by atoms with van der Waals surface area (Å²) < 4.78 is 30.8. The molecule has 0 bridgehead atoms. The van der Waals surface area contributed by atoms with Crippen LogP contribution >= 0.6 is 0 Å². The quantitative estimate of drug-likeness (QED) is 0.412. The number of sulfonamides is 1. The molecule has 1 aromatic heterocycles. The van der Waals surface area contributed by atoms with E-state index in [2.05, 4.69) is 15.0 Å². The highest BCUT2D eigenvalue weighted by Crippen LogP contribution is 2.24. The highest BCUT2D eigenvalue weighted by Gasteiger charge is 2.20. The van der Waals surface area contributed by atoms with Gasteiger partial charge in [-0.3, -0.25) is 9.52 Å². The third kappa shape index (κ3) is 5.02. The van der Waals surface area contributed by atoms with Crippen LogP contribution in [0.15, 0.2) is 84.3 Å². The third-order valence-corrected chi connectivity index (χ3v) is 7.09. The second-order valence-corrected chi connectivity index (χ2v) is 9.84. The van der Waals surface area contributed by atoms with Crippen LogP contribution in [0.5, 0.6) is 0 Å². The third-order valence-electron chi connectivity index (χ3n) is 5.58. The van der Waals surface area contributed by atoms with Crippen molar-refractivity contribution in [1.29, 1.82) is 0 Å². The molecule has 0 atom stereocenters. The monoisotopic (exact) mass is 474 g/mol. The van der Waals surface area contributed by atoms with Gasteiger partial charge in [0.25, 0.3) is 15.9 Å². The molecule has 4 rings (SSSR count). The van der Waals surface area contributed by atoms with Crippen molar-refractivity contribution in [3.8, 4) is 5.69 Å². The van der Waals surface area contributed by atoms with Crippen LogP contribution in [0, 0.1) is 20.8 Å². The topological polar surface area (TPSA) is 93.1 Å². The van der Waals surface area contributed by atoms with Gasteiger partial charge in [0, 0.05) is 24.5 Å². The van der Waals surface area contributed by atoms with E-state index in [9.17, 15) is 13.2 Å². The maximum Gasteiger partial charge on any atom is 0.262 e. The van der Waals surface area contributed by atoms with Crippen molar-refractivity contribution in [3.63, 3.8) is 0 Å². The molecule has 34 heavy (non-hydrogen) atoms. The molecule has 0 spiro atoms. The summed E-state index contributed by atoms with van der Waals surface area (Å²) in [7, 11) is -3.88. The fraction of sp³-hybridized carbons (Fsp3) is 0.154. The number of aromatic nitrogens is 2. The van der Waals surface area contributed by atoms with Gasteiger partial charge in [-0.15, -0.1) is 0 Å². The molecule has 8 heteroatoms. The predicted molar refractivity (Wildman–Crippen MR) is 133 cm³/mol. The van der Waals surface area contributed by atoms with Crippen molar-refractivity contribution >= 4 is 21.6 Å². The Balaban J connectivity index is 1.55. The SMILES string of the molecule is Cc1ccc(NS(=O)(=O)c2cc(C(=O)NCc3ccccc3-n3ccnc3)ccc2C)c(C)c1. The molecule has 4 aromatic rings. The van der Waals surface area contributed by atoms with Gasteiger partial charge < -0.3 is 9.88 Å². The number of amides is 1. The minimum absolute atomic E-state index is 0.0685. The fourth-order valence-corrected chi connectivity index (χ4v) is 5.15. The van der Waals surface area contributed by atoms with Crippen LogP contribution in [0.1, 0.15) is 32.6 Å². The van der Waals surface area contributed by atoms with Gasteiger partial charge in [-0.1, -0.05) is 42.0 Å². The van der Waals surface area contributed by atoms with Crippen molar-refractivity contribution in [2.45, 2.75) is 32.2 Å². The summed E-state index contributed by atoms with van der Waals surface area (Å²) in [4.78, 5) is 17.1. The lowest BCUT2D eigenvalue weighted by atomic mass is 10.1. The highest BCUT2D eigenvalue weighted by molar-refractivity contribution is 7.92. The van der Waals surface area contributed by atoms with Gasteiger partial charge in [0.05, 0.1) is 22.6 Å². The number of hydrogen-bond donors (Lipinski definition) is 2. The largest absolute Gasteiger partial charge is 0.348 e. The number of benzene rings is 3. The maximum atomic E-state index is 13.1. The van der Waals surface area contributed by atoms with Crippen molar-refractivity contribution in [3.05, 3.63) is 107 Å². The van der Waals surface area contributed by atoms with E-state index in [-0.39, 0.29) is 22.9 Å². The Morgan fingerprint density at radius 3 is 2.50 bits per heavy atom. The lowest BCUT2D eigenvalue weighted by Gasteiger charge is -2.14. The van der Waals surface area contributed by atoms with E-state index in [4.69, 9.17) is 0 Å². The smallest absolute Gasteiger partial charge is 0.262 e. The molecule has 0 unspecified atom stereocenters. The standard InChI is InChI=1S/C26H26N4O3S/c1-18-8-11-23(20(3)14-18)29-34(32,33)25-15-21(10-9-19(25)2)26(31)28-16-22-6-4-5-7-24(22)30-13-12-27-17-30/h4-15,17,29H,16H2,1-3H3,(H,28,31). The zero-order chi connectivity index (χ0) is 24.3. The zero-order valence-electron chi connectivity index (χ0n) is 19.2. The van der Waals surface area contributed by atoms with Crippen LogP contribution in [0.3, 0.4) is 0 Å². The number of imidazole rings is 1. The molecule has 174 valence electrons. The van der Waals surface area contributed by atoms with Crippen molar-refractivity contribution in [2.75, 3.05) is 4.72 Å². The minimum atomic E-state index is -3.88. The molecule has 7 nitrogen and oxygen atoms in total. The Kier molecular flexibility index (Phi) is 6.51. The van der Waals surface area contributed by atoms with Gasteiger partial charge in [0.2, 0.25) is 0 Å². The van der Waals surface area contributed by atoms with Crippen molar-refractivity contribution in [1.82, 2.24) is 14.9 Å². The van der Waals surface area contributed by atoms with Gasteiger partial charge >= 0.3 is 0 Å². The molecule has 1 heterocycles. The van der Waals surface area contributed by atoms with E-state index in [1.165, 1.54) is 6.07 Å². The Morgan fingerprint density at radius 2 is 1.76 bits per heavy atom. The molecule has 0 aliphatic heterocycles. The van der Waals surface area contributed by atoms with E-state index in [1.807, 2.05) is 61.0 Å². The fourth-order valence-electron chi connectivity index (χ4n) is 3.75. The van der Waals surface area contributed by atoms with Gasteiger partial charge in [-0.2, -0.15) is 0 Å². The number of aryl methyl sites for hydroxylation is 3. The van der Waals surface area contributed by atoms with Crippen LogP contribution in [0.2, 0.25) is 0 Å². The Hall–Kier alpha value is -3.91. The number of hydrogen-bond acceptors (Lipinski definition) is 4. The first-order valence-electron chi connectivity index (χ1n) is 10.8. The predicted octanol–water partition coefficient (Wildman–Crippen LogP) is 4.53. The molecular weight excluding hydrogens is 448 g/mol. The number of carbonyl (C=O) groups excluding carboxylic acids is 1. The number of nitrogens with one attached hydrogen (secondary N) is 2. The van der Waals surface area contributed by atoms with Crippen LogP contribution in [-0.2, 0) is 16.6 Å². The summed E-state index contributed by atoms with van der Waals surface area (Å²) in [5.41, 5.74) is 5.02. The molecule has 0 saturated heterocycles. The van der Waals surface area contributed by atoms with Crippen molar-refractivity contribution in [2.24, 2.45) is 0 Å². The Labute approximate surface area is 199 Å². The molecular formula is C26H26N4O3S. The van der Waals surface area contributed by atoms with Crippen LogP contribution < -0.4 is 10.0 Å². The number of carbonyl (C=O) groups is 1. The Bertz CT molecular complexity index is 1440. The normalized spacial score (nSPS) is 11.3. The van der Waals surface area contributed by atoms with E-state index in [1.54, 1.807) is 37.6 Å². The molecule has 3 aromatic carbocycles. The van der Waals surface area contributed by atoms with Gasteiger partial charge in [0.15, 0.2) is 0 Å². The van der Waals surface area contributed by atoms with Crippen LogP contribution in [0.4, 0.5) is 5.69 Å². The van der Waals surface area contributed by atoms with E-state index in [0.29, 0.717) is 11.3 Å². The van der Waals surface area contributed by atoms with E-state index in [0.717, 1.165) is 22.4 Å². The maximum absolute atomic E-state index is 13.1. The Morgan fingerprint density at radius 1 is 0.971 bits per heavy atom. The van der Waals surface area contributed by atoms with Crippen molar-refractivity contribution < 1.29 is 13.2 Å². The average Bonchev–Trinajstić information content (AvgIpc) is 3.34. The summed E-state index contributed by atoms with van der Waals surface area (Å²) in [6.07, 6.45) is 5.22.